The molecule has 1 saturated carbocycles. The molecule has 1 aliphatic carbocycles. The standard InChI is InChI=1S/C14H24F3N3.HI/c1-18-12(19-9-3-2-7-14(15,16)17)20-10-8-13(11-20)5-4-6-13;/h2-11H2,1H3,(H,18,19);1H. The number of halogens is 4. The number of aliphatic imine (C=N–C) groups is 1. The molecule has 0 bridgehead atoms. The average molecular weight is 419 g/mol. The van der Waals surface area contributed by atoms with E-state index >= 15 is 0 Å². The van der Waals surface area contributed by atoms with Crippen LogP contribution in [0.4, 0.5) is 13.2 Å². The first-order valence-corrected chi connectivity index (χ1v) is 7.47. The smallest absolute Gasteiger partial charge is 0.356 e. The van der Waals surface area contributed by atoms with Gasteiger partial charge in [0.25, 0.3) is 0 Å². The van der Waals surface area contributed by atoms with Gasteiger partial charge in [-0.05, 0) is 37.5 Å². The van der Waals surface area contributed by atoms with Crippen molar-refractivity contribution in [1.29, 1.82) is 0 Å². The van der Waals surface area contributed by atoms with Gasteiger partial charge >= 0.3 is 6.18 Å². The zero-order valence-electron chi connectivity index (χ0n) is 12.5. The summed E-state index contributed by atoms with van der Waals surface area (Å²) in [7, 11) is 1.74. The van der Waals surface area contributed by atoms with E-state index in [1.807, 2.05) is 0 Å². The molecular formula is C14H25F3IN3. The number of unbranched alkanes of at least 4 members (excludes halogenated alkanes) is 1. The molecule has 2 rings (SSSR count). The second-order valence-corrected chi connectivity index (χ2v) is 6.07. The van der Waals surface area contributed by atoms with E-state index in [4.69, 9.17) is 0 Å². The summed E-state index contributed by atoms with van der Waals surface area (Å²) < 4.78 is 36.1. The second-order valence-electron chi connectivity index (χ2n) is 6.07. The lowest BCUT2D eigenvalue weighted by Gasteiger charge is -2.38. The molecule has 2 aliphatic rings. The molecule has 0 atom stereocenters. The van der Waals surface area contributed by atoms with E-state index < -0.39 is 12.6 Å². The molecule has 7 heteroatoms. The van der Waals surface area contributed by atoms with Crippen LogP contribution in [0.5, 0.6) is 0 Å². The van der Waals surface area contributed by atoms with Gasteiger partial charge in [0.2, 0.25) is 0 Å². The molecule has 0 amide bonds. The van der Waals surface area contributed by atoms with Gasteiger partial charge < -0.3 is 10.2 Å². The van der Waals surface area contributed by atoms with Crippen LogP contribution in [0.2, 0.25) is 0 Å². The van der Waals surface area contributed by atoms with Crippen LogP contribution in [-0.2, 0) is 0 Å². The minimum absolute atomic E-state index is 0. The molecule has 0 unspecified atom stereocenters. The number of likely N-dealkylation sites (tertiary alicyclic amines) is 1. The number of alkyl halides is 3. The van der Waals surface area contributed by atoms with Gasteiger partial charge in [0.05, 0.1) is 0 Å². The summed E-state index contributed by atoms with van der Waals surface area (Å²) in [6, 6.07) is 0. The fourth-order valence-electron chi connectivity index (χ4n) is 3.18. The van der Waals surface area contributed by atoms with Crippen LogP contribution in [-0.4, -0.2) is 43.7 Å². The van der Waals surface area contributed by atoms with Gasteiger partial charge in [-0.1, -0.05) is 6.42 Å². The molecule has 1 saturated heterocycles. The van der Waals surface area contributed by atoms with Crippen molar-refractivity contribution < 1.29 is 13.2 Å². The van der Waals surface area contributed by atoms with Gasteiger partial charge in [-0.2, -0.15) is 13.2 Å². The molecule has 124 valence electrons. The lowest BCUT2D eigenvalue weighted by molar-refractivity contribution is -0.135. The third kappa shape index (κ3) is 5.49. The van der Waals surface area contributed by atoms with Gasteiger partial charge in [0.1, 0.15) is 0 Å². The number of hydrogen-bond donors (Lipinski definition) is 1. The molecule has 0 aromatic heterocycles. The maximum atomic E-state index is 12.0. The van der Waals surface area contributed by atoms with E-state index in [-0.39, 0.29) is 30.4 Å². The molecule has 1 N–H and O–H groups in total. The van der Waals surface area contributed by atoms with E-state index in [1.165, 1.54) is 25.7 Å². The van der Waals surface area contributed by atoms with E-state index in [1.54, 1.807) is 7.05 Å². The quantitative estimate of drug-likeness (QED) is 0.325. The van der Waals surface area contributed by atoms with Gasteiger partial charge in [-0.15, -0.1) is 24.0 Å². The monoisotopic (exact) mass is 419 g/mol. The fourth-order valence-corrected chi connectivity index (χ4v) is 3.18. The van der Waals surface area contributed by atoms with Crippen molar-refractivity contribution >= 4 is 29.9 Å². The first kappa shape index (κ1) is 18.8. The third-order valence-corrected chi connectivity index (χ3v) is 4.53. The summed E-state index contributed by atoms with van der Waals surface area (Å²) in [5.74, 6) is 0.848. The van der Waals surface area contributed by atoms with Crippen molar-refractivity contribution in [2.75, 3.05) is 26.7 Å². The highest BCUT2D eigenvalue weighted by Crippen LogP contribution is 2.47. The Morgan fingerprint density at radius 2 is 1.95 bits per heavy atom. The summed E-state index contributed by atoms with van der Waals surface area (Å²) in [4.78, 5) is 6.50. The molecule has 0 radical (unpaired) electrons. The summed E-state index contributed by atoms with van der Waals surface area (Å²) >= 11 is 0. The Morgan fingerprint density at radius 1 is 1.24 bits per heavy atom. The Labute approximate surface area is 141 Å². The minimum atomic E-state index is -4.03. The third-order valence-electron chi connectivity index (χ3n) is 4.53. The number of nitrogens with one attached hydrogen (secondary N) is 1. The highest BCUT2D eigenvalue weighted by molar-refractivity contribution is 14.0. The maximum absolute atomic E-state index is 12.0. The van der Waals surface area contributed by atoms with Gasteiger partial charge in [-0.25, -0.2) is 0 Å². The van der Waals surface area contributed by atoms with Crippen LogP contribution < -0.4 is 5.32 Å². The summed E-state index contributed by atoms with van der Waals surface area (Å²) in [6.45, 7) is 2.63. The van der Waals surface area contributed by atoms with E-state index in [9.17, 15) is 13.2 Å². The lowest BCUT2D eigenvalue weighted by atomic mass is 9.68. The van der Waals surface area contributed by atoms with Gasteiger partial charge in [0.15, 0.2) is 5.96 Å². The van der Waals surface area contributed by atoms with Crippen molar-refractivity contribution in [3.63, 3.8) is 0 Å². The minimum Gasteiger partial charge on any atom is -0.356 e. The molecule has 21 heavy (non-hydrogen) atoms. The predicted molar refractivity (Wildman–Crippen MR) is 89.2 cm³/mol. The Morgan fingerprint density at radius 3 is 2.43 bits per heavy atom. The zero-order chi connectivity index (χ0) is 14.6. The van der Waals surface area contributed by atoms with Crippen LogP contribution in [0.25, 0.3) is 0 Å². The zero-order valence-corrected chi connectivity index (χ0v) is 14.8. The normalized spacial score (nSPS) is 21.1. The lowest BCUT2D eigenvalue weighted by Crippen LogP contribution is -2.42. The Hall–Kier alpha value is -0.210. The van der Waals surface area contributed by atoms with E-state index in [0.29, 0.717) is 18.4 Å². The first-order valence-electron chi connectivity index (χ1n) is 7.47. The maximum Gasteiger partial charge on any atom is 0.389 e. The van der Waals surface area contributed by atoms with Gasteiger partial charge in [0, 0.05) is 33.1 Å². The van der Waals surface area contributed by atoms with Crippen LogP contribution in [0.3, 0.4) is 0 Å². The van der Waals surface area contributed by atoms with E-state index in [0.717, 1.165) is 19.0 Å². The average Bonchev–Trinajstić information content (AvgIpc) is 2.77. The Kier molecular flexibility index (Phi) is 7.06. The van der Waals surface area contributed by atoms with Crippen LogP contribution in [0, 0.1) is 5.41 Å². The molecule has 2 fully saturated rings. The van der Waals surface area contributed by atoms with Crippen molar-refractivity contribution in [2.24, 2.45) is 10.4 Å². The highest BCUT2D eigenvalue weighted by atomic mass is 127. The molecule has 3 nitrogen and oxygen atoms in total. The molecule has 1 spiro atoms. The molecular weight excluding hydrogens is 394 g/mol. The van der Waals surface area contributed by atoms with Crippen molar-refractivity contribution in [3.8, 4) is 0 Å². The number of hydrogen-bond acceptors (Lipinski definition) is 1. The predicted octanol–water partition coefficient (Wildman–Crippen LogP) is 3.79. The number of nitrogens with zero attached hydrogens (tertiary/aromatic N) is 2. The molecule has 1 heterocycles. The highest BCUT2D eigenvalue weighted by Gasteiger charge is 2.43. The summed E-state index contributed by atoms with van der Waals surface area (Å²) in [6.07, 6.45) is 1.15. The van der Waals surface area contributed by atoms with Crippen molar-refractivity contribution in [1.82, 2.24) is 10.2 Å². The SMILES string of the molecule is CN=C(NCCCCC(F)(F)F)N1CCC2(CCC2)C1.I. The van der Waals surface area contributed by atoms with Crippen molar-refractivity contribution in [2.45, 2.75) is 51.1 Å². The molecule has 0 aromatic carbocycles. The van der Waals surface area contributed by atoms with E-state index in [2.05, 4.69) is 15.2 Å². The molecule has 0 aromatic rings. The summed E-state index contributed by atoms with van der Waals surface area (Å²) in [5.41, 5.74) is 0.508. The first-order chi connectivity index (χ1) is 9.44. The topological polar surface area (TPSA) is 27.6 Å². The number of rotatable bonds is 4. The Bertz CT molecular complexity index is 354. The Balaban J connectivity index is 0.00000220. The largest absolute Gasteiger partial charge is 0.389 e. The van der Waals surface area contributed by atoms with Gasteiger partial charge in [-0.3, -0.25) is 4.99 Å². The molecule has 1 aliphatic heterocycles. The van der Waals surface area contributed by atoms with Crippen molar-refractivity contribution in [3.05, 3.63) is 0 Å². The van der Waals surface area contributed by atoms with Crippen LogP contribution >= 0.6 is 24.0 Å². The number of guanidine groups is 1. The summed E-state index contributed by atoms with van der Waals surface area (Å²) in [5, 5.41) is 3.19. The fraction of sp³-hybridized carbons (Fsp3) is 0.929. The van der Waals surface area contributed by atoms with Crippen LogP contribution in [0.1, 0.15) is 44.9 Å². The van der Waals surface area contributed by atoms with Crippen LogP contribution in [0.15, 0.2) is 4.99 Å². The second kappa shape index (κ2) is 7.87.